The third kappa shape index (κ3) is 4.08. The molecule has 0 spiro atoms. The first-order chi connectivity index (χ1) is 12.8. The SMILES string of the molecule is O=C(NCCn1nc(C(F)(F)F)c2c1CCOC2)c1ccc([N+](=O)[O-])cc1. The molecule has 1 aromatic carbocycles. The average Bonchev–Trinajstić information content (AvgIpc) is 3.01. The first kappa shape index (κ1) is 18.8. The third-order valence-electron chi connectivity index (χ3n) is 4.11. The molecule has 0 saturated carbocycles. The van der Waals surface area contributed by atoms with Crippen LogP contribution in [0.4, 0.5) is 18.9 Å². The zero-order chi connectivity index (χ0) is 19.6. The van der Waals surface area contributed by atoms with Crippen LogP contribution in [0.25, 0.3) is 0 Å². The van der Waals surface area contributed by atoms with Crippen LogP contribution in [0.3, 0.4) is 0 Å². The number of hydrogen-bond acceptors (Lipinski definition) is 5. The molecule has 0 unspecified atom stereocenters. The quantitative estimate of drug-likeness (QED) is 0.630. The molecule has 2 heterocycles. The van der Waals surface area contributed by atoms with Crippen LogP contribution in [0.1, 0.15) is 27.3 Å². The number of nitrogens with zero attached hydrogens (tertiary/aromatic N) is 3. The Morgan fingerprint density at radius 1 is 1.33 bits per heavy atom. The molecule has 27 heavy (non-hydrogen) atoms. The Labute approximate surface area is 151 Å². The summed E-state index contributed by atoms with van der Waals surface area (Å²) in [6.07, 6.45) is -4.26. The van der Waals surface area contributed by atoms with Crippen molar-refractivity contribution in [3.05, 3.63) is 56.9 Å². The predicted octanol–water partition coefficient (Wildman–Crippen LogP) is 2.31. The van der Waals surface area contributed by atoms with Gasteiger partial charge in [0.1, 0.15) is 0 Å². The average molecular weight is 384 g/mol. The molecule has 1 aliphatic heterocycles. The summed E-state index contributed by atoms with van der Waals surface area (Å²) in [6, 6.07) is 5.02. The topological polar surface area (TPSA) is 99.3 Å². The van der Waals surface area contributed by atoms with Gasteiger partial charge in [0.15, 0.2) is 5.69 Å². The summed E-state index contributed by atoms with van der Waals surface area (Å²) in [5.41, 5.74) is -0.392. The Hall–Kier alpha value is -2.95. The molecule has 8 nitrogen and oxygen atoms in total. The van der Waals surface area contributed by atoms with Crippen LogP contribution >= 0.6 is 0 Å². The highest BCUT2D eigenvalue weighted by molar-refractivity contribution is 5.94. The summed E-state index contributed by atoms with van der Waals surface area (Å²) in [7, 11) is 0. The van der Waals surface area contributed by atoms with Crippen LogP contribution in [0.2, 0.25) is 0 Å². The van der Waals surface area contributed by atoms with Crippen molar-refractivity contribution in [2.24, 2.45) is 0 Å². The first-order valence-corrected chi connectivity index (χ1v) is 8.03. The van der Waals surface area contributed by atoms with Gasteiger partial charge in [0.25, 0.3) is 11.6 Å². The molecule has 0 aliphatic carbocycles. The number of carbonyl (C=O) groups excluding carboxylic acids is 1. The number of benzene rings is 1. The van der Waals surface area contributed by atoms with Gasteiger partial charge in [0.05, 0.1) is 24.7 Å². The van der Waals surface area contributed by atoms with Gasteiger partial charge in [-0.2, -0.15) is 18.3 Å². The fourth-order valence-electron chi connectivity index (χ4n) is 2.83. The second kappa shape index (κ2) is 7.35. The van der Waals surface area contributed by atoms with E-state index in [0.717, 1.165) is 0 Å². The number of non-ortho nitro benzene ring substituents is 1. The minimum Gasteiger partial charge on any atom is -0.376 e. The molecule has 11 heteroatoms. The van der Waals surface area contributed by atoms with Crippen LogP contribution in [-0.2, 0) is 30.5 Å². The van der Waals surface area contributed by atoms with Gasteiger partial charge in [-0.05, 0) is 12.1 Å². The van der Waals surface area contributed by atoms with Gasteiger partial charge in [-0.15, -0.1) is 0 Å². The number of halogens is 3. The van der Waals surface area contributed by atoms with Crippen molar-refractivity contribution in [1.29, 1.82) is 0 Å². The van der Waals surface area contributed by atoms with Gasteiger partial charge in [-0.3, -0.25) is 19.6 Å². The highest BCUT2D eigenvalue weighted by atomic mass is 19.4. The first-order valence-electron chi connectivity index (χ1n) is 8.03. The Morgan fingerprint density at radius 2 is 2.04 bits per heavy atom. The summed E-state index contributed by atoms with van der Waals surface area (Å²) >= 11 is 0. The van der Waals surface area contributed by atoms with Crippen molar-refractivity contribution in [2.75, 3.05) is 13.2 Å². The number of hydrogen-bond donors (Lipinski definition) is 1. The Morgan fingerprint density at radius 3 is 2.67 bits per heavy atom. The molecule has 1 N–H and O–H groups in total. The van der Waals surface area contributed by atoms with Crippen molar-refractivity contribution in [2.45, 2.75) is 25.7 Å². The highest BCUT2D eigenvalue weighted by Crippen LogP contribution is 2.34. The van der Waals surface area contributed by atoms with Crippen LogP contribution in [0.15, 0.2) is 24.3 Å². The Kier molecular flexibility index (Phi) is 5.13. The molecule has 1 aromatic heterocycles. The molecule has 0 bridgehead atoms. The van der Waals surface area contributed by atoms with E-state index in [0.29, 0.717) is 18.7 Å². The van der Waals surface area contributed by atoms with E-state index in [9.17, 15) is 28.1 Å². The molecule has 0 fully saturated rings. The number of nitrogens with one attached hydrogen (secondary N) is 1. The monoisotopic (exact) mass is 384 g/mol. The number of ether oxygens (including phenoxy) is 1. The van der Waals surface area contributed by atoms with Gasteiger partial charge in [-0.25, -0.2) is 0 Å². The van der Waals surface area contributed by atoms with Gasteiger partial charge in [0, 0.05) is 41.9 Å². The van der Waals surface area contributed by atoms with E-state index in [1.807, 2.05) is 0 Å². The number of rotatable bonds is 5. The number of nitro groups is 1. The summed E-state index contributed by atoms with van der Waals surface area (Å²) in [6.45, 7) is 0.295. The van der Waals surface area contributed by atoms with Crippen LogP contribution in [0.5, 0.6) is 0 Å². The van der Waals surface area contributed by atoms with Gasteiger partial charge in [-0.1, -0.05) is 0 Å². The van der Waals surface area contributed by atoms with E-state index in [4.69, 9.17) is 4.74 Å². The number of alkyl halides is 3. The molecule has 1 aliphatic rings. The zero-order valence-corrected chi connectivity index (χ0v) is 14.0. The zero-order valence-electron chi connectivity index (χ0n) is 14.0. The van der Waals surface area contributed by atoms with Crippen molar-refractivity contribution >= 4 is 11.6 Å². The van der Waals surface area contributed by atoms with Crippen molar-refractivity contribution in [3.8, 4) is 0 Å². The smallest absolute Gasteiger partial charge is 0.376 e. The summed E-state index contributed by atoms with van der Waals surface area (Å²) in [5.74, 6) is -0.481. The minimum atomic E-state index is -4.57. The minimum absolute atomic E-state index is 0.0374. The molecule has 1 amide bonds. The number of aromatic nitrogens is 2. The molecule has 0 saturated heterocycles. The number of fused-ring (bicyclic) bond motifs is 1. The fourth-order valence-corrected chi connectivity index (χ4v) is 2.83. The maximum Gasteiger partial charge on any atom is 0.435 e. The molecule has 0 radical (unpaired) electrons. The maximum absolute atomic E-state index is 13.1. The van der Waals surface area contributed by atoms with Crippen LogP contribution in [-0.4, -0.2) is 33.8 Å². The lowest BCUT2D eigenvalue weighted by Crippen LogP contribution is -2.28. The fraction of sp³-hybridized carbons (Fsp3) is 0.375. The number of amides is 1. The summed E-state index contributed by atoms with van der Waals surface area (Å²) in [4.78, 5) is 22.1. The standard InChI is InChI=1S/C16H15F3N4O4/c17-16(18,19)14-12-9-27-8-5-13(12)22(21-14)7-6-20-15(24)10-1-3-11(4-2-10)23(25)26/h1-4H,5-9H2,(H,20,24). The lowest BCUT2D eigenvalue weighted by atomic mass is 10.1. The maximum atomic E-state index is 13.1. The van der Waals surface area contributed by atoms with Gasteiger partial charge < -0.3 is 10.1 Å². The normalized spacial score (nSPS) is 13.9. The number of nitro benzene ring substituents is 1. The molecule has 3 rings (SSSR count). The van der Waals surface area contributed by atoms with E-state index in [-0.39, 0.29) is 36.5 Å². The molecular formula is C16H15F3N4O4. The van der Waals surface area contributed by atoms with Crippen molar-refractivity contribution < 1.29 is 27.6 Å². The van der Waals surface area contributed by atoms with E-state index in [1.54, 1.807) is 0 Å². The van der Waals surface area contributed by atoms with Gasteiger partial charge in [0.2, 0.25) is 0 Å². The van der Waals surface area contributed by atoms with Crippen LogP contribution in [0, 0.1) is 10.1 Å². The second-order valence-corrected chi connectivity index (χ2v) is 5.86. The predicted molar refractivity (Wildman–Crippen MR) is 86.0 cm³/mol. The number of carbonyl (C=O) groups is 1. The van der Waals surface area contributed by atoms with Gasteiger partial charge >= 0.3 is 6.18 Å². The Balaban J connectivity index is 1.66. The highest BCUT2D eigenvalue weighted by Gasteiger charge is 2.39. The van der Waals surface area contributed by atoms with E-state index in [1.165, 1.54) is 28.9 Å². The lowest BCUT2D eigenvalue weighted by molar-refractivity contribution is -0.384. The van der Waals surface area contributed by atoms with Crippen molar-refractivity contribution in [3.63, 3.8) is 0 Å². The van der Waals surface area contributed by atoms with E-state index < -0.39 is 22.7 Å². The third-order valence-corrected chi connectivity index (χ3v) is 4.11. The van der Waals surface area contributed by atoms with E-state index >= 15 is 0 Å². The second-order valence-electron chi connectivity index (χ2n) is 5.86. The molecule has 2 aromatic rings. The molecular weight excluding hydrogens is 369 g/mol. The Bertz CT molecular complexity index is 862. The van der Waals surface area contributed by atoms with Crippen molar-refractivity contribution in [1.82, 2.24) is 15.1 Å². The summed E-state index contributed by atoms with van der Waals surface area (Å²) < 4.78 is 45.7. The van der Waals surface area contributed by atoms with Crippen LogP contribution < -0.4 is 5.32 Å². The molecule has 144 valence electrons. The van der Waals surface area contributed by atoms with E-state index in [2.05, 4.69) is 10.4 Å². The molecule has 0 atom stereocenters. The largest absolute Gasteiger partial charge is 0.435 e. The summed E-state index contributed by atoms with van der Waals surface area (Å²) in [5, 5.41) is 16.8. The lowest BCUT2D eigenvalue weighted by Gasteiger charge is -2.15.